The van der Waals surface area contributed by atoms with Gasteiger partial charge >= 0.3 is 5.97 Å². The van der Waals surface area contributed by atoms with Crippen LogP contribution >= 0.6 is 0 Å². The first-order chi connectivity index (χ1) is 10.1. The number of pyridine rings is 1. The van der Waals surface area contributed by atoms with Crippen molar-refractivity contribution in [3.63, 3.8) is 0 Å². The quantitative estimate of drug-likeness (QED) is 0.878. The molecular formula is C15H17N3O3. The molecule has 0 atom stereocenters. The Hall–Kier alpha value is -2.21. The Morgan fingerprint density at radius 3 is 3.00 bits per heavy atom. The van der Waals surface area contributed by atoms with Crippen LogP contribution in [-0.4, -0.2) is 33.2 Å². The number of rotatable bonds is 6. The molecule has 0 aromatic carbocycles. The van der Waals surface area contributed by atoms with Crippen LogP contribution < -0.4 is 0 Å². The third-order valence-corrected chi connectivity index (χ3v) is 3.53. The second-order valence-electron chi connectivity index (χ2n) is 5.47. The third kappa shape index (κ3) is 3.28. The molecule has 0 amide bonds. The van der Waals surface area contributed by atoms with Gasteiger partial charge in [0.1, 0.15) is 5.76 Å². The van der Waals surface area contributed by atoms with Crippen LogP contribution in [0.5, 0.6) is 0 Å². The molecule has 1 saturated carbocycles. The molecule has 2 heterocycles. The van der Waals surface area contributed by atoms with Crippen LogP contribution in [0.3, 0.4) is 0 Å². The molecule has 0 aliphatic heterocycles. The molecule has 1 N–H and O–H groups in total. The van der Waals surface area contributed by atoms with Gasteiger partial charge in [-0.1, -0.05) is 5.16 Å². The lowest BCUT2D eigenvalue weighted by molar-refractivity contribution is 0.0694. The lowest BCUT2D eigenvalue weighted by Crippen LogP contribution is -2.20. The van der Waals surface area contributed by atoms with E-state index in [1.165, 1.54) is 12.8 Å². The van der Waals surface area contributed by atoms with Gasteiger partial charge in [-0.25, -0.2) is 4.79 Å². The molecule has 2 aromatic rings. The van der Waals surface area contributed by atoms with Crippen LogP contribution in [0.4, 0.5) is 0 Å². The Morgan fingerprint density at radius 2 is 2.29 bits per heavy atom. The SMILES string of the molecule is CN(Cc1cc(C2CC2)on1)Cc1ncccc1C(=O)O. The highest BCUT2D eigenvalue weighted by Gasteiger charge is 2.28. The standard InChI is InChI=1S/C15H17N3O3/c1-18(8-11-7-14(21-17-11)10-4-5-10)9-13-12(15(19)20)3-2-6-16-13/h2-3,6-7,10H,4-5,8-9H2,1H3,(H,19,20). The fourth-order valence-electron chi connectivity index (χ4n) is 2.31. The molecule has 1 fully saturated rings. The number of carbonyl (C=O) groups is 1. The maximum Gasteiger partial charge on any atom is 0.337 e. The topological polar surface area (TPSA) is 79.5 Å². The Morgan fingerprint density at radius 1 is 1.48 bits per heavy atom. The first-order valence-corrected chi connectivity index (χ1v) is 6.94. The number of hydrogen-bond donors (Lipinski definition) is 1. The minimum absolute atomic E-state index is 0.239. The lowest BCUT2D eigenvalue weighted by Gasteiger charge is -2.15. The second-order valence-corrected chi connectivity index (χ2v) is 5.47. The molecule has 6 nitrogen and oxygen atoms in total. The molecule has 21 heavy (non-hydrogen) atoms. The van der Waals surface area contributed by atoms with Crippen molar-refractivity contribution >= 4 is 5.97 Å². The van der Waals surface area contributed by atoms with E-state index in [9.17, 15) is 4.79 Å². The summed E-state index contributed by atoms with van der Waals surface area (Å²) in [6, 6.07) is 5.19. The van der Waals surface area contributed by atoms with E-state index in [1.807, 2.05) is 18.0 Å². The number of carboxylic acid groups (broad SMARTS) is 1. The summed E-state index contributed by atoms with van der Waals surface area (Å²) in [4.78, 5) is 17.3. The number of hydrogen-bond acceptors (Lipinski definition) is 5. The van der Waals surface area contributed by atoms with Gasteiger partial charge in [0, 0.05) is 31.3 Å². The lowest BCUT2D eigenvalue weighted by atomic mass is 10.2. The van der Waals surface area contributed by atoms with E-state index in [2.05, 4.69) is 10.1 Å². The number of aromatic carboxylic acids is 1. The Balaban J connectivity index is 1.65. The molecule has 0 spiro atoms. The van der Waals surface area contributed by atoms with Crippen LogP contribution in [0.1, 0.15) is 46.3 Å². The summed E-state index contributed by atoms with van der Waals surface area (Å²) in [6.07, 6.45) is 3.97. The van der Waals surface area contributed by atoms with Gasteiger partial charge in [-0.05, 0) is 32.0 Å². The van der Waals surface area contributed by atoms with Gasteiger partial charge < -0.3 is 9.63 Å². The predicted octanol–water partition coefficient (Wildman–Crippen LogP) is 2.28. The molecule has 1 aliphatic rings. The minimum Gasteiger partial charge on any atom is -0.478 e. The normalized spacial score (nSPS) is 14.6. The zero-order chi connectivity index (χ0) is 14.8. The highest BCUT2D eigenvalue weighted by atomic mass is 16.5. The zero-order valence-electron chi connectivity index (χ0n) is 11.8. The van der Waals surface area contributed by atoms with Gasteiger partial charge in [0.2, 0.25) is 0 Å². The largest absolute Gasteiger partial charge is 0.478 e. The van der Waals surface area contributed by atoms with Gasteiger partial charge in [0.15, 0.2) is 0 Å². The molecule has 3 rings (SSSR count). The van der Waals surface area contributed by atoms with Gasteiger partial charge in [0.25, 0.3) is 0 Å². The van der Waals surface area contributed by atoms with Crippen LogP contribution in [0, 0.1) is 0 Å². The molecule has 0 saturated heterocycles. The van der Waals surface area contributed by atoms with Crippen molar-refractivity contribution in [1.82, 2.24) is 15.0 Å². The predicted molar refractivity (Wildman–Crippen MR) is 74.8 cm³/mol. The van der Waals surface area contributed by atoms with Crippen LogP contribution in [0.25, 0.3) is 0 Å². The molecule has 2 aromatic heterocycles. The molecule has 110 valence electrons. The fourth-order valence-corrected chi connectivity index (χ4v) is 2.31. The van der Waals surface area contributed by atoms with Crippen molar-refractivity contribution in [1.29, 1.82) is 0 Å². The van der Waals surface area contributed by atoms with Crippen molar-refractivity contribution in [2.45, 2.75) is 31.8 Å². The van der Waals surface area contributed by atoms with Gasteiger partial charge in [-0.15, -0.1) is 0 Å². The molecule has 0 bridgehead atoms. The third-order valence-electron chi connectivity index (χ3n) is 3.53. The first kappa shape index (κ1) is 13.8. The van der Waals surface area contributed by atoms with E-state index < -0.39 is 5.97 Å². The average molecular weight is 287 g/mol. The summed E-state index contributed by atoms with van der Waals surface area (Å²) < 4.78 is 5.32. The smallest absolute Gasteiger partial charge is 0.337 e. The van der Waals surface area contributed by atoms with Crippen LogP contribution in [0.2, 0.25) is 0 Å². The summed E-state index contributed by atoms with van der Waals surface area (Å²) in [5.74, 6) is 0.553. The summed E-state index contributed by atoms with van der Waals surface area (Å²) in [5.41, 5.74) is 1.66. The van der Waals surface area contributed by atoms with Crippen LogP contribution in [0.15, 0.2) is 28.9 Å². The average Bonchev–Trinajstić information content (AvgIpc) is 3.20. The minimum atomic E-state index is -0.955. The molecular weight excluding hydrogens is 270 g/mol. The van der Waals surface area contributed by atoms with Crippen molar-refractivity contribution in [3.8, 4) is 0 Å². The Bertz CT molecular complexity index is 649. The van der Waals surface area contributed by atoms with E-state index in [0.717, 1.165) is 11.5 Å². The summed E-state index contributed by atoms with van der Waals surface area (Å²) in [5, 5.41) is 13.2. The Labute approximate surface area is 122 Å². The number of carboxylic acids is 1. The van der Waals surface area contributed by atoms with E-state index >= 15 is 0 Å². The van der Waals surface area contributed by atoms with E-state index in [4.69, 9.17) is 9.63 Å². The highest BCUT2D eigenvalue weighted by molar-refractivity contribution is 5.88. The van der Waals surface area contributed by atoms with Crippen molar-refractivity contribution in [2.24, 2.45) is 0 Å². The van der Waals surface area contributed by atoms with Gasteiger partial charge in [-0.3, -0.25) is 9.88 Å². The van der Waals surface area contributed by atoms with Gasteiger partial charge in [0.05, 0.1) is 17.0 Å². The maximum absolute atomic E-state index is 11.2. The fraction of sp³-hybridized carbons (Fsp3) is 0.400. The Kier molecular flexibility index (Phi) is 3.70. The van der Waals surface area contributed by atoms with Crippen LogP contribution in [-0.2, 0) is 13.1 Å². The number of aromatic nitrogens is 2. The molecule has 6 heteroatoms. The monoisotopic (exact) mass is 287 g/mol. The van der Waals surface area contributed by atoms with E-state index in [1.54, 1.807) is 18.3 Å². The van der Waals surface area contributed by atoms with Gasteiger partial charge in [-0.2, -0.15) is 0 Å². The van der Waals surface area contributed by atoms with E-state index in [-0.39, 0.29) is 5.56 Å². The molecule has 0 unspecified atom stereocenters. The summed E-state index contributed by atoms with van der Waals surface area (Å²) in [6.45, 7) is 1.06. The summed E-state index contributed by atoms with van der Waals surface area (Å²) >= 11 is 0. The zero-order valence-corrected chi connectivity index (χ0v) is 11.8. The van der Waals surface area contributed by atoms with Crippen molar-refractivity contribution < 1.29 is 14.4 Å². The second kappa shape index (κ2) is 5.65. The van der Waals surface area contributed by atoms with Crippen molar-refractivity contribution in [2.75, 3.05) is 7.05 Å². The van der Waals surface area contributed by atoms with E-state index in [0.29, 0.717) is 24.7 Å². The number of nitrogens with zero attached hydrogens (tertiary/aromatic N) is 3. The maximum atomic E-state index is 11.2. The highest BCUT2D eigenvalue weighted by Crippen LogP contribution is 2.40. The molecule has 1 aliphatic carbocycles. The summed E-state index contributed by atoms with van der Waals surface area (Å²) in [7, 11) is 1.91. The van der Waals surface area contributed by atoms with Crippen molar-refractivity contribution in [3.05, 3.63) is 47.1 Å². The first-order valence-electron chi connectivity index (χ1n) is 6.94. The molecule has 0 radical (unpaired) electrons.